The van der Waals surface area contributed by atoms with E-state index in [9.17, 15) is 4.79 Å². The van der Waals surface area contributed by atoms with Crippen LogP contribution in [0.15, 0.2) is 17.1 Å². The number of nitrogen functional groups attached to an aromatic ring is 1. The van der Waals surface area contributed by atoms with Gasteiger partial charge in [0, 0.05) is 6.20 Å². The highest BCUT2D eigenvalue weighted by atomic mass is 28.4. The molecule has 1 aliphatic rings. The second kappa shape index (κ2) is 13.1. The average Bonchev–Trinajstić information content (AvgIpc) is 3.03. The second-order valence-electron chi connectivity index (χ2n) is 11.2. The van der Waals surface area contributed by atoms with Crippen molar-refractivity contribution in [3.05, 3.63) is 22.7 Å². The Hall–Kier alpha value is -0.829. The van der Waals surface area contributed by atoms with Crippen LogP contribution in [0.3, 0.4) is 0 Å². The molecule has 2 rings (SSSR count). The van der Waals surface area contributed by atoms with E-state index in [2.05, 4.69) is 65.0 Å². The van der Waals surface area contributed by atoms with Crippen molar-refractivity contribution in [3.8, 4) is 0 Å². The molecule has 0 spiro atoms. The van der Waals surface area contributed by atoms with Crippen molar-refractivity contribution in [3.63, 3.8) is 0 Å². The summed E-state index contributed by atoms with van der Waals surface area (Å²) in [6, 6.07) is 3.70. The smallest absolute Gasteiger partial charge is 0.351 e. The third kappa shape index (κ3) is 8.61. The maximum Gasteiger partial charge on any atom is 0.351 e. The number of anilines is 1. The fraction of sp³-hybridized carbons (Fsp3) is 0.833. The van der Waals surface area contributed by atoms with Gasteiger partial charge in [0.2, 0.25) is 0 Å². The fourth-order valence-corrected chi connectivity index (χ4v) is 10.7. The third-order valence-electron chi connectivity index (χ3n) is 6.35. The van der Waals surface area contributed by atoms with Crippen LogP contribution in [-0.4, -0.2) is 59.6 Å². The summed E-state index contributed by atoms with van der Waals surface area (Å²) in [6.07, 6.45) is 3.83. The largest absolute Gasteiger partial charge is 0.415 e. The summed E-state index contributed by atoms with van der Waals surface area (Å²) in [7, 11) is -5.43. The summed E-state index contributed by atoms with van der Waals surface area (Å²) in [5.74, 6) is 0.196. The van der Waals surface area contributed by atoms with Gasteiger partial charge in [-0.25, -0.2) is 4.79 Å². The predicted molar refractivity (Wildman–Crippen MR) is 150 cm³/mol. The standard InChI is InChI=1S/C24H49N3O5Si3/c1-10-13-18(30-33(4)5)20-21(31-34(6,7)16-11-2)22(32-35(8,9)17-12-3)23(29-20)27-15-14-19(25)26-24(27)28/h14-15,18,20-23,33H,10-13,16-17H2,1-9H3,(H2,25,26,28). The number of nitrogens with two attached hydrogens (primary N) is 1. The van der Waals surface area contributed by atoms with Gasteiger partial charge in [-0.1, -0.05) is 40.0 Å². The molecule has 2 heterocycles. The van der Waals surface area contributed by atoms with Gasteiger partial charge in [-0.3, -0.25) is 4.57 Å². The number of nitrogens with zero attached hydrogens (tertiary/aromatic N) is 2. The molecule has 1 aromatic rings. The van der Waals surface area contributed by atoms with Crippen LogP contribution in [-0.2, 0) is 18.0 Å². The topological polar surface area (TPSA) is 97.8 Å². The molecule has 0 radical (unpaired) electrons. The van der Waals surface area contributed by atoms with E-state index in [4.69, 9.17) is 23.7 Å². The zero-order valence-electron chi connectivity index (χ0n) is 23.4. The summed E-state index contributed by atoms with van der Waals surface area (Å²) in [5.41, 5.74) is 5.36. The third-order valence-corrected chi connectivity index (χ3v) is 12.5. The van der Waals surface area contributed by atoms with Gasteiger partial charge < -0.3 is 23.7 Å². The van der Waals surface area contributed by atoms with Crippen molar-refractivity contribution in [1.29, 1.82) is 0 Å². The molecule has 0 aromatic carbocycles. The Morgan fingerprint density at radius 2 is 1.63 bits per heavy atom. The summed E-state index contributed by atoms with van der Waals surface area (Å²) in [5, 5.41) is 0. The van der Waals surface area contributed by atoms with Crippen LogP contribution in [0.25, 0.3) is 0 Å². The highest BCUT2D eigenvalue weighted by Crippen LogP contribution is 2.40. The van der Waals surface area contributed by atoms with E-state index >= 15 is 0 Å². The zero-order valence-corrected chi connectivity index (χ0v) is 26.5. The first kappa shape index (κ1) is 30.4. The van der Waals surface area contributed by atoms with E-state index in [1.54, 1.807) is 12.3 Å². The number of aromatic nitrogens is 2. The lowest BCUT2D eigenvalue weighted by atomic mass is 10.0. The summed E-state index contributed by atoms with van der Waals surface area (Å²) in [4.78, 5) is 16.9. The van der Waals surface area contributed by atoms with Gasteiger partial charge >= 0.3 is 5.69 Å². The number of ether oxygens (including phenoxy) is 1. The van der Waals surface area contributed by atoms with Crippen molar-refractivity contribution in [2.45, 2.75) is 128 Å². The SMILES string of the molecule is CCCC(O[SiH](C)C)C1OC(n2ccc(N)nc2=O)C(O[Si](C)(C)CCC)C1O[Si](C)(C)CCC. The van der Waals surface area contributed by atoms with Gasteiger partial charge in [-0.05, 0) is 63.9 Å². The molecule has 1 aromatic heterocycles. The molecule has 5 unspecified atom stereocenters. The van der Waals surface area contributed by atoms with E-state index < -0.39 is 43.7 Å². The number of hydrogen-bond acceptors (Lipinski definition) is 7. The lowest BCUT2D eigenvalue weighted by molar-refractivity contribution is -0.0789. The molecule has 0 bridgehead atoms. The zero-order chi connectivity index (χ0) is 26.4. The first-order valence-corrected chi connectivity index (χ1v) is 22.4. The molecule has 1 saturated heterocycles. The Balaban J connectivity index is 2.61. The minimum atomic E-state index is -2.06. The molecule has 8 nitrogen and oxygen atoms in total. The monoisotopic (exact) mass is 543 g/mol. The van der Waals surface area contributed by atoms with Crippen molar-refractivity contribution >= 4 is 31.5 Å². The quantitative estimate of drug-likeness (QED) is 0.334. The van der Waals surface area contributed by atoms with Gasteiger partial charge in [-0.15, -0.1) is 0 Å². The van der Waals surface area contributed by atoms with E-state index in [1.165, 1.54) is 4.57 Å². The van der Waals surface area contributed by atoms with E-state index in [0.717, 1.165) is 37.8 Å². The van der Waals surface area contributed by atoms with Crippen molar-refractivity contribution in [2.24, 2.45) is 0 Å². The maximum absolute atomic E-state index is 12.9. The molecule has 11 heteroatoms. The molecular formula is C24H49N3O5Si3. The lowest BCUT2D eigenvalue weighted by Gasteiger charge is -2.38. The molecular weight excluding hydrogens is 495 g/mol. The van der Waals surface area contributed by atoms with E-state index in [-0.39, 0.29) is 24.1 Å². The Labute approximate surface area is 215 Å². The molecule has 1 aliphatic heterocycles. The Kier molecular flexibility index (Phi) is 11.4. The number of hydrogen-bond donors (Lipinski definition) is 1. The highest BCUT2D eigenvalue weighted by molar-refractivity contribution is 6.71. The summed E-state index contributed by atoms with van der Waals surface area (Å²) >= 11 is 0. The van der Waals surface area contributed by atoms with Crippen LogP contribution in [0.1, 0.15) is 52.7 Å². The minimum Gasteiger partial charge on any atom is -0.415 e. The van der Waals surface area contributed by atoms with Gasteiger partial charge in [0.25, 0.3) is 0 Å². The second-order valence-corrected chi connectivity index (χ2v) is 22.1. The van der Waals surface area contributed by atoms with Crippen LogP contribution in [0.4, 0.5) is 5.82 Å². The molecule has 5 atom stereocenters. The molecule has 1 fully saturated rings. The fourth-order valence-electron chi connectivity index (χ4n) is 5.07. The average molecular weight is 544 g/mol. The first-order valence-electron chi connectivity index (χ1n) is 13.3. The van der Waals surface area contributed by atoms with Crippen molar-refractivity contribution in [2.75, 3.05) is 5.73 Å². The molecule has 202 valence electrons. The van der Waals surface area contributed by atoms with Gasteiger partial charge in [0.15, 0.2) is 31.9 Å². The van der Waals surface area contributed by atoms with Crippen LogP contribution in [0.5, 0.6) is 0 Å². The molecule has 0 amide bonds. The van der Waals surface area contributed by atoms with E-state index in [1.807, 2.05) is 0 Å². The number of rotatable bonds is 14. The van der Waals surface area contributed by atoms with Gasteiger partial charge in [0.05, 0.1) is 6.10 Å². The van der Waals surface area contributed by atoms with Crippen LogP contribution < -0.4 is 11.4 Å². The summed E-state index contributed by atoms with van der Waals surface area (Å²) in [6.45, 7) is 19.9. The molecule has 0 saturated carbocycles. The van der Waals surface area contributed by atoms with Crippen molar-refractivity contribution in [1.82, 2.24) is 9.55 Å². The molecule has 0 aliphatic carbocycles. The lowest BCUT2D eigenvalue weighted by Crippen LogP contribution is -2.52. The first-order chi connectivity index (χ1) is 16.3. The van der Waals surface area contributed by atoms with Crippen LogP contribution in [0.2, 0.25) is 51.4 Å². The highest BCUT2D eigenvalue weighted by Gasteiger charge is 2.53. The van der Waals surface area contributed by atoms with Crippen molar-refractivity contribution < 1.29 is 18.0 Å². The maximum atomic E-state index is 12.9. The Bertz CT molecular complexity index is 852. The van der Waals surface area contributed by atoms with Gasteiger partial charge in [0.1, 0.15) is 24.1 Å². The van der Waals surface area contributed by atoms with Crippen LogP contribution in [0, 0.1) is 0 Å². The van der Waals surface area contributed by atoms with Gasteiger partial charge in [-0.2, -0.15) is 4.98 Å². The predicted octanol–water partition coefficient (Wildman–Crippen LogP) is 4.89. The normalized spacial score (nSPS) is 24.3. The summed E-state index contributed by atoms with van der Waals surface area (Å²) < 4.78 is 28.7. The molecule has 2 N–H and O–H groups in total. The minimum absolute atomic E-state index is 0.104. The Morgan fingerprint density at radius 3 is 2.11 bits per heavy atom. The molecule has 35 heavy (non-hydrogen) atoms. The van der Waals surface area contributed by atoms with Crippen LogP contribution >= 0.6 is 0 Å². The van der Waals surface area contributed by atoms with E-state index in [0.29, 0.717) is 0 Å². The Morgan fingerprint density at radius 1 is 1.06 bits per heavy atom.